The predicted molar refractivity (Wildman–Crippen MR) is 113 cm³/mol. The van der Waals surface area contributed by atoms with Crippen molar-refractivity contribution in [3.63, 3.8) is 0 Å². The molecule has 0 radical (unpaired) electrons. The molecule has 0 saturated heterocycles. The number of aromatic nitrogens is 3. The van der Waals surface area contributed by atoms with Gasteiger partial charge in [0.05, 0.1) is 5.69 Å². The van der Waals surface area contributed by atoms with Crippen LogP contribution in [0.5, 0.6) is 0 Å². The Hall–Kier alpha value is -2.01. The molecule has 1 N–H and O–H groups in total. The third-order valence-electron chi connectivity index (χ3n) is 3.96. The van der Waals surface area contributed by atoms with Gasteiger partial charge in [-0.2, -0.15) is 9.61 Å². The van der Waals surface area contributed by atoms with Crippen LogP contribution in [0.15, 0.2) is 47.5 Å². The van der Waals surface area contributed by atoms with Gasteiger partial charge in [0.1, 0.15) is 5.82 Å². The van der Waals surface area contributed by atoms with Crippen molar-refractivity contribution in [3.05, 3.63) is 53.9 Å². The molecular formula is C21H30N4S. The quantitative estimate of drug-likeness (QED) is 0.548. The van der Waals surface area contributed by atoms with Gasteiger partial charge < -0.3 is 4.72 Å². The van der Waals surface area contributed by atoms with Gasteiger partial charge in [-0.3, -0.25) is 0 Å². The highest BCUT2D eigenvalue weighted by molar-refractivity contribution is 8.00. The molecule has 2 aromatic heterocycles. The number of benzene rings is 1. The molecule has 0 fully saturated rings. The lowest BCUT2D eigenvalue weighted by Crippen LogP contribution is -2.10. The van der Waals surface area contributed by atoms with E-state index in [1.54, 1.807) is 11.9 Å². The molecule has 3 aromatic rings. The summed E-state index contributed by atoms with van der Waals surface area (Å²) in [5.41, 5.74) is 3.44. The lowest BCUT2D eigenvalue weighted by Gasteiger charge is -2.19. The Morgan fingerprint density at radius 3 is 2.27 bits per heavy atom. The molecule has 0 aliphatic rings. The summed E-state index contributed by atoms with van der Waals surface area (Å²) in [6.07, 6.45) is 1.81. The smallest absolute Gasteiger partial charge is 0.157 e. The van der Waals surface area contributed by atoms with Crippen LogP contribution in [-0.2, 0) is 5.41 Å². The van der Waals surface area contributed by atoms with Crippen molar-refractivity contribution < 1.29 is 0 Å². The molecule has 140 valence electrons. The monoisotopic (exact) mass is 370 g/mol. The second kappa shape index (κ2) is 8.58. The van der Waals surface area contributed by atoms with Gasteiger partial charge in [0.2, 0.25) is 0 Å². The minimum atomic E-state index is 0.177. The summed E-state index contributed by atoms with van der Waals surface area (Å²) in [4.78, 5) is 5.56. The van der Waals surface area contributed by atoms with E-state index < -0.39 is 0 Å². The first-order valence-corrected chi connectivity index (χ1v) is 10.0. The van der Waals surface area contributed by atoms with Crippen LogP contribution < -0.4 is 4.72 Å². The summed E-state index contributed by atoms with van der Waals surface area (Å²) in [6.45, 7) is 15.0. The Kier molecular flexibility index (Phi) is 6.70. The number of rotatable bonds is 4. The molecule has 26 heavy (non-hydrogen) atoms. The van der Waals surface area contributed by atoms with Crippen LogP contribution >= 0.6 is 11.9 Å². The maximum absolute atomic E-state index is 4.65. The van der Waals surface area contributed by atoms with Gasteiger partial charge in [0.15, 0.2) is 5.65 Å². The summed E-state index contributed by atoms with van der Waals surface area (Å²) in [6, 6.07) is 12.7. The van der Waals surface area contributed by atoms with E-state index in [9.17, 15) is 0 Å². The highest BCUT2D eigenvalue weighted by atomic mass is 32.2. The van der Waals surface area contributed by atoms with Gasteiger partial charge in [-0.25, -0.2) is 4.98 Å². The summed E-state index contributed by atoms with van der Waals surface area (Å²) >= 11 is 1.59. The maximum Gasteiger partial charge on any atom is 0.157 e. The molecule has 3 rings (SSSR count). The van der Waals surface area contributed by atoms with Crippen LogP contribution in [-0.4, -0.2) is 14.6 Å². The minimum absolute atomic E-state index is 0.177. The number of nitrogens with zero attached hydrogens (tertiary/aromatic N) is 3. The first-order valence-electron chi connectivity index (χ1n) is 9.22. The fraction of sp³-hybridized carbons (Fsp3) is 0.429. The van der Waals surface area contributed by atoms with E-state index >= 15 is 0 Å². The molecular weight excluding hydrogens is 340 g/mol. The van der Waals surface area contributed by atoms with Gasteiger partial charge in [-0.15, -0.1) is 0 Å². The normalized spacial score (nSPS) is 11.4. The summed E-state index contributed by atoms with van der Waals surface area (Å²) in [5, 5.41) is 4.65. The fourth-order valence-electron chi connectivity index (χ4n) is 2.41. The van der Waals surface area contributed by atoms with E-state index in [0.29, 0.717) is 5.92 Å². The second-order valence-corrected chi connectivity index (χ2v) is 8.18. The highest BCUT2D eigenvalue weighted by Gasteiger charge is 2.13. The number of anilines is 1. The molecule has 0 unspecified atom stereocenters. The van der Waals surface area contributed by atoms with Gasteiger partial charge in [-0.05, 0) is 47.0 Å². The van der Waals surface area contributed by atoms with Gasteiger partial charge in [0.25, 0.3) is 0 Å². The topological polar surface area (TPSA) is 42.2 Å². The molecule has 0 bridgehead atoms. The average Bonchev–Trinajstić information content (AvgIpc) is 3.06. The molecule has 0 atom stereocenters. The van der Waals surface area contributed by atoms with Crippen molar-refractivity contribution in [1.82, 2.24) is 14.6 Å². The first kappa shape index (κ1) is 20.3. The van der Waals surface area contributed by atoms with Crippen molar-refractivity contribution in [2.24, 2.45) is 0 Å². The van der Waals surface area contributed by atoms with Crippen molar-refractivity contribution in [2.75, 3.05) is 4.72 Å². The van der Waals surface area contributed by atoms with E-state index in [-0.39, 0.29) is 5.41 Å². The average molecular weight is 371 g/mol. The minimum Gasteiger partial charge on any atom is -0.310 e. The number of hydrogen-bond acceptors (Lipinski definition) is 4. The lowest BCUT2D eigenvalue weighted by molar-refractivity contribution is 0.590. The molecule has 2 heterocycles. The van der Waals surface area contributed by atoms with Gasteiger partial charge in [-0.1, -0.05) is 60.6 Å². The number of nitrogens with one attached hydrogen (secondary N) is 1. The van der Waals surface area contributed by atoms with E-state index in [1.165, 1.54) is 10.5 Å². The van der Waals surface area contributed by atoms with E-state index in [0.717, 1.165) is 17.2 Å². The SMILES string of the molecule is CC.CC(C)c1cc2nccc(NSc3ccc(C(C)(C)C)cc3)n2n1. The standard InChI is InChI=1S/C19H24N4S.C2H6/c1-13(2)16-12-18-20-11-10-17(23(18)21-16)22-24-15-8-6-14(7-9-15)19(3,4)5;1-2/h6-13,22H,1-5H3;1-2H3. The van der Waals surface area contributed by atoms with Crippen LogP contribution in [0.1, 0.15) is 65.6 Å². The van der Waals surface area contributed by atoms with Crippen molar-refractivity contribution >= 4 is 23.4 Å². The zero-order valence-corrected chi connectivity index (χ0v) is 17.7. The Morgan fingerprint density at radius 2 is 1.69 bits per heavy atom. The molecule has 4 nitrogen and oxygen atoms in total. The van der Waals surface area contributed by atoms with Gasteiger partial charge >= 0.3 is 0 Å². The number of fused-ring (bicyclic) bond motifs is 1. The zero-order valence-electron chi connectivity index (χ0n) is 16.9. The third kappa shape index (κ3) is 4.79. The largest absolute Gasteiger partial charge is 0.310 e. The molecule has 0 spiro atoms. The maximum atomic E-state index is 4.65. The predicted octanol–water partition coefficient (Wildman–Crippen LogP) is 6.30. The van der Waals surface area contributed by atoms with Crippen molar-refractivity contribution in [3.8, 4) is 0 Å². The van der Waals surface area contributed by atoms with Gasteiger partial charge in [0, 0.05) is 17.2 Å². The molecule has 1 aromatic carbocycles. The Morgan fingerprint density at radius 1 is 1.04 bits per heavy atom. The summed E-state index contributed by atoms with van der Waals surface area (Å²) in [7, 11) is 0. The molecule has 0 saturated carbocycles. The van der Waals surface area contributed by atoms with Crippen LogP contribution in [0.4, 0.5) is 5.82 Å². The zero-order chi connectivity index (χ0) is 19.3. The summed E-state index contributed by atoms with van der Waals surface area (Å²) in [5.74, 6) is 1.31. The number of hydrogen-bond donors (Lipinski definition) is 1. The third-order valence-corrected chi connectivity index (χ3v) is 4.78. The molecule has 0 aliphatic heterocycles. The summed E-state index contributed by atoms with van der Waals surface area (Å²) < 4.78 is 5.26. The Labute approximate surface area is 161 Å². The Balaban J connectivity index is 0.00000117. The van der Waals surface area contributed by atoms with E-state index in [1.807, 2.05) is 36.7 Å². The molecule has 5 heteroatoms. The van der Waals surface area contributed by atoms with Crippen LogP contribution in [0.3, 0.4) is 0 Å². The highest BCUT2D eigenvalue weighted by Crippen LogP contribution is 2.27. The van der Waals surface area contributed by atoms with E-state index in [2.05, 4.69) is 73.7 Å². The molecule has 0 aliphatic carbocycles. The Bertz CT molecular complexity index is 829. The van der Waals surface area contributed by atoms with E-state index in [4.69, 9.17) is 0 Å². The fourth-order valence-corrected chi connectivity index (χ4v) is 3.06. The van der Waals surface area contributed by atoms with Crippen molar-refractivity contribution in [2.45, 2.75) is 64.7 Å². The second-order valence-electron chi connectivity index (χ2n) is 7.30. The molecule has 0 amide bonds. The van der Waals surface area contributed by atoms with Crippen LogP contribution in [0, 0.1) is 0 Å². The van der Waals surface area contributed by atoms with Crippen molar-refractivity contribution in [1.29, 1.82) is 0 Å². The van der Waals surface area contributed by atoms with Crippen LogP contribution in [0.2, 0.25) is 0 Å². The first-order chi connectivity index (χ1) is 12.3. The lowest BCUT2D eigenvalue weighted by atomic mass is 9.87. The van der Waals surface area contributed by atoms with Crippen LogP contribution in [0.25, 0.3) is 5.65 Å².